The lowest BCUT2D eigenvalue weighted by Gasteiger charge is -2.50. The fourth-order valence-corrected chi connectivity index (χ4v) is 4.76. The average molecular weight is 359 g/mol. The molecule has 0 radical (unpaired) electrons. The van der Waals surface area contributed by atoms with Gasteiger partial charge in [-0.3, -0.25) is 9.88 Å². The minimum absolute atomic E-state index is 0.112. The van der Waals surface area contributed by atoms with E-state index < -0.39 is 0 Å². The van der Waals surface area contributed by atoms with Crippen molar-refractivity contribution in [2.24, 2.45) is 5.41 Å². The highest BCUT2D eigenvalue weighted by Crippen LogP contribution is 2.41. The molecule has 0 N–H and O–H groups in total. The van der Waals surface area contributed by atoms with Crippen LogP contribution < -0.4 is 0 Å². The molecule has 2 aromatic rings. The third kappa shape index (κ3) is 4.08. The topological polar surface area (TPSA) is 47.5 Å². The smallest absolute Gasteiger partial charge is 0.107 e. The fraction of sp³-hybridized carbons (Fsp3) is 0.579. The monoisotopic (exact) mass is 359 g/mol. The van der Waals surface area contributed by atoms with E-state index in [4.69, 9.17) is 9.47 Å². The largest absolute Gasteiger partial charge is 0.377 e. The van der Waals surface area contributed by atoms with Gasteiger partial charge in [0.2, 0.25) is 0 Å². The Hall–Kier alpha value is -1.34. The third-order valence-corrected chi connectivity index (χ3v) is 6.08. The van der Waals surface area contributed by atoms with Crippen molar-refractivity contribution in [3.8, 4) is 0 Å². The molecule has 4 rings (SSSR count). The summed E-state index contributed by atoms with van der Waals surface area (Å²) in [7, 11) is 0. The van der Waals surface area contributed by atoms with Gasteiger partial charge in [0, 0.05) is 49.1 Å². The molecule has 6 heteroatoms. The van der Waals surface area contributed by atoms with Crippen molar-refractivity contribution < 1.29 is 9.47 Å². The number of pyridine rings is 1. The van der Waals surface area contributed by atoms with Crippen LogP contribution in [0.1, 0.15) is 29.8 Å². The molecule has 5 nitrogen and oxygen atoms in total. The zero-order valence-corrected chi connectivity index (χ0v) is 15.3. The minimum Gasteiger partial charge on any atom is -0.377 e. The lowest BCUT2D eigenvalue weighted by Crippen LogP contribution is -2.56. The predicted molar refractivity (Wildman–Crippen MR) is 97.3 cm³/mol. The first kappa shape index (κ1) is 17.1. The lowest BCUT2D eigenvalue weighted by molar-refractivity contribution is -0.155. The van der Waals surface area contributed by atoms with E-state index in [1.807, 2.05) is 30.7 Å². The van der Waals surface area contributed by atoms with E-state index in [1.165, 1.54) is 17.0 Å². The molecule has 0 amide bonds. The number of rotatable bonds is 6. The summed E-state index contributed by atoms with van der Waals surface area (Å²) in [6.07, 6.45) is 9.25. The first-order valence-corrected chi connectivity index (χ1v) is 9.91. The Morgan fingerprint density at radius 2 is 2.24 bits per heavy atom. The molecule has 2 atom stereocenters. The molecule has 0 aliphatic carbocycles. The van der Waals surface area contributed by atoms with E-state index in [0.29, 0.717) is 12.7 Å². The van der Waals surface area contributed by atoms with Crippen molar-refractivity contribution in [1.82, 2.24) is 14.9 Å². The Morgan fingerprint density at radius 1 is 1.32 bits per heavy atom. The van der Waals surface area contributed by atoms with Gasteiger partial charge in [0.25, 0.3) is 0 Å². The highest BCUT2D eigenvalue weighted by molar-refractivity contribution is 7.09. The van der Waals surface area contributed by atoms with Gasteiger partial charge in [-0.15, -0.1) is 11.3 Å². The molecule has 0 spiro atoms. The van der Waals surface area contributed by atoms with E-state index in [0.717, 1.165) is 45.7 Å². The van der Waals surface area contributed by atoms with E-state index in [-0.39, 0.29) is 5.41 Å². The Bertz CT molecular complexity index is 652. The Morgan fingerprint density at radius 3 is 3.08 bits per heavy atom. The zero-order chi connectivity index (χ0) is 17.0. The summed E-state index contributed by atoms with van der Waals surface area (Å²) in [6.45, 7) is 5.35. The number of fused-ring (bicyclic) bond motifs is 1. The minimum atomic E-state index is 0.112. The maximum absolute atomic E-state index is 6.16. The number of piperidine rings is 1. The number of thiazole rings is 1. The van der Waals surface area contributed by atoms with Crippen LogP contribution in [0, 0.1) is 5.41 Å². The molecule has 4 heterocycles. The molecule has 2 aromatic heterocycles. The van der Waals surface area contributed by atoms with E-state index in [1.54, 1.807) is 11.3 Å². The van der Waals surface area contributed by atoms with Crippen LogP contribution in [-0.4, -0.2) is 47.3 Å². The molecule has 0 bridgehead atoms. The molecule has 2 aliphatic rings. The Balaban J connectivity index is 1.40. The number of hydrogen-bond acceptors (Lipinski definition) is 6. The van der Waals surface area contributed by atoms with Crippen LogP contribution in [0.25, 0.3) is 0 Å². The number of aromatic nitrogens is 2. The SMILES string of the molecule is c1cc(COC[C@@]23CCCO[C@@H]2CCN(Cc2nccs2)C3)ccn1. The third-order valence-electron chi connectivity index (χ3n) is 5.32. The van der Waals surface area contributed by atoms with Crippen LogP contribution in [0.5, 0.6) is 0 Å². The number of nitrogens with zero attached hydrogens (tertiary/aromatic N) is 3. The van der Waals surface area contributed by atoms with Crippen LogP contribution in [0.15, 0.2) is 36.1 Å². The highest BCUT2D eigenvalue weighted by atomic mass is 32.1. The van der Waals surface area contributed by atoms with Gasteiger partial charge in [0.05, 0.1) is 25.9 Å². The maximum atomic E-state index is 6.16. The molecule has 134 valence electrons. The van der Waals surface area contributed by atoms with Gasteiger partial charge in [-0.2, -0.15) is 0 Å². The van der Waals surface area contributed by atoms with Crippen molar-refractivity contribution >= 4 is 11.3 Å². The van der Waals surface area contributed by atoms with E-state index >= 15 is 0 Å². The molecule has 0 aromatic carbocycles. The highest BCUT2D eigenvalue weighted by Gasteiger charge is 2.46. The van der Waals surface area contributed by atoms with Crippen LogP contribution >= 0.6 is 11.3 Å². The fourth-order valence-electron chi connectivity index (χ4n) is 4.10. The van der Waals surface area contributed by atoms with Gasteiger partial charge >= 0.3 is 0 Å². The first-order chi connectivity index (χ1) is 12.3. The van der Waals surface area contributed by atoms with Gasteiger partial charge in [-0.25, -0.2) is 4.98 Å². The van der Waals surface area contributed by atoms with Crippen molar-refractivity contribution in [3.63, 3.8) is 0 Å². The number of likely N-dealkylation sites (tertiary alicyclic amines) is 1. The molecule has 25 heavy (non-hydrogen) atoms. The normalized spacial score (nSPS) is 27.1. The summed E-state index contributed by atoms with van der Waals surface area (Å²) in [5.74, 6) is 0. The first-order valence-electron chi connectivity index (χ1n) is 9.03. The molecule has 2 aliphatic heterocycles. The number of hydrogen-bond donors (Lipinski definition) is 0. The standard InChI is InChI=1S/C19H25N3O2S/c1-5-19(15-23-13-16-2-6-20-7-3-16)14-22(9-4-17(19)24-10-1)12-18-21-8-11-25-18/h2-3,6-8,11,17H,1,4-5,9-10,12-15H2/t17-,19+/m1/s1. The zero-order valence-electron chi connectivity index (χ0n) is 14.5. The molecule has 2 fully saturated rings. The van der Waals surface area contributed by atoms with Crippen molar-refractivity contribution in [2.45, 2.75) is 38.5 Å². The van der Waals surface area contributed by atoms with Gasteiger partial charge < -0.3 is 9.47 Å². The van der Waals surface area contributed by atoms with Crippen LogP contribution in [0.3, 0.4) is 0 Å². The predicted octanol–water partition coefficient (Wildman–Crippen LogP) is 3.13. The van der Waals surface area contributed by atoms with Crippen molar-refractivity contribution in [1.29, 1.82) is 0 Å². The van der Waals surface area contributed by atoms with E-state index in [2.05, 4.69) is 20.2 Å². The van der Waals surface area contributed by atoms with Crippen LogP contribution in [0.4, 0.5) is 0 Å². The summed E-state index contributed by atoms with van der Waals surface area (Å²) in [5.41, 5.74) is 1.29. The second-order valence-electron chi connectivity index (χ2n) is 7.10. The van der Waals surface area contributed by atoms with Crippen molar-refractivity contribution in [2.75, 3.05) is 26.3 Å². The van der Waals surface area contributed by atoms with Gasteiger partial charge in [0.15, 0.2) is 0 Å². The molecule has 0 saturated carbocycles. The molecular weight excluding hydrogens is 334 g/mol. The molecule has 2 saturated heterocycles. The summed E-state index contributed by atoms with van der Waals surface area (Å²) in [6, 6.07) is 4.03. The Kier molecular flexibility index (Phi) is 5.41. The summed E-state index contributed by atoms with van der Waals surface area (Å²) in [4.78, 5) is 11.0. The summed E-state index contributed by atoms with van der Waals surface area (Å²) >= 11 is 1.74. The van der Waals surface area contributed by atoms with Crippen molar-refractivity contribution in [3.05, 3.63) is 46.7 Å². The van der Waals surface area contributed by atoms with Gasteiger partial charge in [0.1, 0.15) is 5.01 Å². The Labute approximate surface area is 153 Å². The quantitative estimate of drug-likeness (QED) is 0.793. The summed E-state index contributed by atoms with van der Waals surface area (Å²) < 4.78 is 12.3. The summed E-state index contributed by atoms with van der Waals surface area (Å²) in [5, 5.41) is 3.25. The second-order valence-corrected chi connectivity index (χ2v) is 8.08. The molecule has 0 unspecified atom stereocenters. The maximum Gasteiger partial charge on any atom is 0.107 e. The average Bonchev–Trinajstić information content (AvgIpc) is 3.15. The number of ether oxygens (including phenoxy) is 2. The van der Waals surface area contributed by atoms with Crippen LogP contribution in [-0.2, 0) is 22.6 Å². The van der Waals surface area contributed by atoms with Crippen LogP contribution in [0.2, 0.25) is 0 Å². The molecular formula is C19H25N3O2S. The van der Waals surface area contributed by atoms with Gasteiger partial charge in [-0.05, 0) is 37.0 Å². The van der Waals surface area contributed by atoms with E-state index in [9.17, 15) is 0 Å². The second kappa shape index (κ2) is 7.91. The van der Waals surface area contributed by atoms with Gasteiger partial charge in [-0.1, -0.05) is 0 Å². The lowest BCUT2D eigenvalue weighted by atomic mass is 9.73.